The molecule has 0 spiro atoms. The summed E-state index contributed by atoms with van der Waals surface area (Å²) in [6.07, 6.45) is 11.2. The fraction of sp³-hybridized carbons (Fsp3) is 0.414. The molecule has 3 aromatic rings. The number of nitrogens with zero attached hydrogens (tertiary/aromatic N) is 3. The van der Waals surface area contributed by atoms with Crippen molar-refractivity contribution in [2.24, 2.45) is 0 Å². The molecule has 0 unspecified atom stereocenters. The molecule has 0 bridgehead atoms. The van der Waals surface area contributed by atoms with Gasteiger partial charge < -0.3 is 14.5 Å². The Labute approximate surface area is 205 Å². The molecule has 1 aliphatic heterocycles. The highest BCUT2D eigenvalue weighted by molar-refractivity contribution is 5.71. The summed E-state index contributed by atoms with van der Waals surface area (Å²) in [7, 11) is 2.16. The van der Waals surface area contributed by atoms with Crippen LogP contribution in [0, 0.1) is 19.8 Å². The Morgan fingerprint density at radius 3 is 2.35 bits per heavy atom. The van der Waals surface area contributed by atoms with E-state index in [0.717, 1.165) is 53.3 Å². The highest BCUT2D eigenvalue weighted by Crippen LogP contribution is 2.28. The summed E-state index contributed by atoms with van der Waals surface area (Å²) in [5, 5.41) is 0. The van der Waals surface area contributed by atoms with Crippen molar-refractivity contribution in [3.63, 3.8) is 0 Å². The predicted octanol–water partition coefficient (Wildman–Crippen LogP) is 5.48. The summed E-state index contributed by atoms with van der Waals surface area (Å²) in [5.74, 6) is 0.865. The fourth-order valence-electron chi connectivity index (χ4n) is 3.94. The molecule has 1 atom stereocenters. The maximum Gasteiger partial charge on any atom is 0.255 e. The third-order valence-corrected chi connectivity index (χ3v) is 5.93. The molecule has 34 heavy (non-hydrogen) atoms. The zero-order valence-electron chi connectivity index (χ0n) is 21.5. The van der Waals surface area contributed by atoms with Gasteiger partial charge in [-0.1, -0.05) is 32.4 Å². The van der Waals surface area contributed by atoms with Crippen LogP contribution in [0.2, 0.25) is 0 Å². The van der Waals surface area contributed by atoms with Crippen molar-refractivity contribution in [1.29, 1.82) is 0 Å². The van der Waals surface area contributed by atoms with Gasteiger partial charge in [-0.2, -0.15) is 0 Å². The molecule has 1 aliphatic rings. The second kappa shape index (κ2) is 12.9. The topological polar surface area (TPSA) is 37.2 Å². The van der Waals surface area contributed by atoms with Gasteiger partial charge in [-0.25, -0.2) is 0 Å². The Hall–Kier alpha value is -3.23. The van der Waals surface area contributed by atoms with Gasteiger partial charge in [0.1, 0.15) is 5.75 Å². The maximum absolute atomic E-state index is 12.9. The van der Waals surface area contributed by atoms with E-state index in [1.54, 1.807) is 10.5 Å². The minimum absolute atomic E-state index is 0.0138. The van der Waals surface area contributed by atoms with Gasteiger partial charge in [0.05, 0.1) is 12.3 Å². The molecule has 0 N–H and O–H groups in total. The molecule has 3 heterocycles. The van der Waals surface area contributed by atoms with Gasteiger partial charge in [-0.3, -0.25) is 9.20 Å². The van der Waals surface area contributed by atoms with Gasteiger partial charge in [0.25, 0.3) is 5.56 Å². The van der Waals surface area contributed by atoms with Crippen LogP contribution < -0.4 is 15.2 Å². The van der Waals surface area contributed by atoms with E-state index in [9.17, 15) is 4.79 Å². The zero-order chi connectivity index (χ0) is 25.3. The second-order valence-electron chi connectivity index (χ2n) is 8.66. The van der Waals surface area contributed by atoms with E-state index < -0.39 is 0 Å². The Balaban J connectivity index is 0.000000758. The van der Waals surface area contributed by atoms with E-state index in [1.165, 1.54) is 6.42 Å². The third-order valence-electron chi connectivity index (χ3n) is 5.93. The number of pyridine rings is 2. The minimum Gasteiger partial charge on any atom is -0.494 e. The van der Waals surface area contributed by atoms with Crippen LogP contribution in [-0.4, -0.2) is 48.6 Å². The number of hydrogen-bond donors (Lipinski definition) is 0. The molecular formula is C29H39N3O2. The number of ether oxygens (including phenoxy) is 1. The lowest BCUT2D eigenvalue weighted by Crippen LogP contribution is -2.50. The normalized spacial score (nSPS) is 15.6. The zero-order valence-corrected chi connectivity index (χ0v) is 21.5. The number of anilines is 1. The molecule has 182 valence electrons. The molecule has 1 aromatic carbocycles. The van der Waals surface area contributed by atoms with E-state index in [-0.39, 0.29) is 5.56 Å². The number of piperazine rings is 1. The van der Waals surface area contributed by atoms with Crippen LogP contribution in [0.5, 0.6) is 5.75 Å². The van der Waals surface area contributed by atoms with Crippen LogP contribution in [0.25, 0.3) is 16.6 Å². The number of likely N-dealkylation sites (N-methyl/N-ethyl adjacent to an activating group) is 1. The van der Waals surface area contributed by atoms with Crippen LogP contribution in [0.4, 0.5) is 5.69 Å². The van der Waals surface area contributed by atoms with Crippen molar-refractivity contribution in [3.05, 3.63) is 64.6 Å². The van der Waals surface area contributed by atoms with Gasteiger partial charge >= 0.3 is 0 Å². The summed E-state index contributed by atoms with van der Waals surface area (Å²) >= 11 is 0. The molecule has 0 saturated carbocycles. The number of aromatic nitrogens is 1. The number of benzene rings is 1. The highest BCUT2D eigenvalue weighted by atomic mass is 16.5. The van der Waals surface area contributed by atoms with Crippen molar-refractivity contribution < 1.29 is 4.74 Å². The first-order valence-corrected chi connectivity index (χ1v) is 12.1. The van der Waals surface area contributed by atoms with Gasteiger partial charge in [0.2, 0.25) is 0 Å². The van der Waals surface area contributed by atoms with E-state index in [4.69, 9.17) is 4.74 Å². The Bertz CT molecular complexity index is 1150. The molecule has 5 heteroatoms. The third kappa shape index (κ3) is 6.42. The first-order valence-electron chi connectivity index (χ1n) is 12.1. The summed E-state index contributed by atoms with van der Waals surface area (Å²) in [4.78, 5) is 17.6. The first kappa shape index (κ1) is 27.0. The molecule has 1 fully saturated rings. The van der Waals surface area contributed by atoms with Crippen LogP contribution >= 0.6 is 0 Å². The highest BCUT2D eigenvalue weighted by Gasteiger charge is 2.21. The average Bonchev–Trinajstić information content (AvgIpc) is 2.84. The van der Waals surface area contributed by atoms with Crippen molar-refractivity contribution in [3.8, 4) is 29.7 Å². The second-order valence-corrected chi connectivity index (χ2v) is 8.66. The average molecular weight is 462 g/mol. The number of hydrogen-bond acceptors (Lipinski definition) is 4. The lowest BCUT2D eigenvalue weighted by molar-refractivity contribution is 0.234. The predicted molar refractivity (Wildman–Crippen MR) is 145 cm³/mol. The van der Waals surface area contributed by atoms with Gasteiger partial charge in [0, 0.05) is 43.5 Å². The van der Waals surface area contributed by atoms with Crippen LogP contribution in [0.15, 0.2) is 53.5 Å². The van der Waals surface area contributed by atoms with E-state index >= 15 is 0 Å². The molecule has 0 amide bonds. The molecule has 4 rings (SSSR count). The Kier molecular flexibility index (Phi) is 10.2. The maximum atomic E-state index is 12.9. The van der Waals surface area contributed by atoms with Crippen molar-refractivity contribution in [1.82, 2.24) is 9.30 Å². The largest absolute Gasteiger partial charge is 0.494 e. The van der Waals surface area contributed by atoms with Crippen molar-refractivity contribution >= 4 is 11.2 Å². The SMILES string of the molecule is C#C.CCC.CCOc1cc(-c2cc(=O)n3cc(N4CCN(C)[C@@H](C)C4)ccc3c2)ccc1C. The Morgan fingerprint density at radius 1 is 1.00 bits per heavy atom. The Morgan fingerprint density at radius 2 is 1.71 bits per heavy atom. The van der Waals surface area contributed by atoms with E-state index in [1.807, 2.05) is 44.3 Å². The lowest BCUT2D eigenvalue weighted by atomic mass is 10.0. The van der Waals surface area contributed by atoms with Crippen molar-refractivity contribution in [2.75, 3.05) is 38.2 Å². The molecule has 2 aromatic heterocycles. The summed E-state index contributed by atoms with van der Waals surface area (Å²) in [6, 6.07) is 14.5. The molecular weight excluding hydrogens is 422 g/mol. The minimum atomic E-state index is -0.0138. The summed E-state index contributed by atoms with van der Waals surface area (Å²) in [6.45, 7) is 14.1. The number of rotatable bonds is 4. The van der Waals surface area contributed by atoms with E-state index in [2.05, 4.69) is 62.6 Å². The lowest BCUT2D eigenvalue weighted by Gasteiger charge is -2.39. The summed E-state index contributed by atoms with van der Waals surface area (Å²) < 4.78 is 7.47. The standard InChI is InChI=1S/C24H29N3O2.C3H8.C2H2/c1-5-29-23-13-19(7-6-17(23)2)20-12-21-8-9-22(16-27(21)24(28)14-20)26-11-10-25(4)18(3)15-26;1-3-2;1-2/h6-9,12-14,16,18H,5,10-11,15H2,1-4H3;3H2,1-2H3;1-2H/t18-;;/m0../s1. The van der Waals surface area contributed by atoms with Crippen LogP contribution in [0.3, 0.4) is 0 Å². The van der Waals surface area contributed by atoms with Gasteiger partial charge in [0.15, 0.2) is 0 Å². The first-order chi connectivity index (χ1) is 16.4. The monoisotopic (exact) mass is 461 g/mol. The van der Waals surface area contributed by atoms with E-state index in [0.29, 0.717) is 12.6 Å². The summed E-state index contributed by atoms with van der Waals surface area (Å²) in [5.41, 5.74) is 4.99. The smallest absolute Gasteiger partial charge is 0.255 e. The molecule has 0 radical (unpaired) electrons. The van der Waals surface area contributed by atoms with Crippen LogP contribution in [-0.2, 0) is 0 Å². The molecule has 1 saturated heterocycles. The van der Waals surface area contributed by atoms with Gasteiger partial charge in [-0.15, -0.1) is 12.8 Å². The molecule has 0 aliphatic carbocycles. The fourth-order valence-corrected chi connectivity index (χ4v) is 3.94. The quantitative estimate of drug-likeness (QED) is 0.482. The number of terminal acetylenes is 1. The number of aryl methyl sites for hydroxylation is 1. The number of fused-ring (bicyclic) bond motifs is 1. The van der Waals surface area contributed by atoms with Crippen molar-refractivity contribution in [2.45, 2.75) is 47.1 Å². The van der Waals surface area contributed by atoms with Crippen LogP contribution in [0.1, 0.15) is 39.7 Å². The molecule has 5 nitrogen and oxygen atoms in total. The van der Waals surface area contributed by atoms with Gasteiger partial charge in [-0.05, 0) is 68.8 Å².